The van der Waals surface area contributed by atoms with Gasteiger partial charge in [0, 0.05) is 49.2 Å². The maximum absolute atomic E-state index is 12.6. The lowest BCUT2D eigenvalue weighted by molar-refractivity contribution is -0.128. The number of hydrogen-bond donors (Lipinski definition) is 1. The first-order valence-electron chi connectivity index (χ1n) is 15.5. The summed E-state index contributed by atoms with van der Waals surface area (Å²) >= 11 is 0. The average Bonchev–Trinajstić information content (AvgIpc) is 3.56. The lowest BCUT2D eigenvalue weighted by Crippen LogP contribution is -2.55. The normalized spacial score (nSPS) is 22.5. The van der Waals surface area contributed by atoms with Crippen molar-refractivity contribution in [3.05, 3.63) is 47.8 Å². The number of carbonyl (C=O) groups is 1. The van der Waals surface area contributed by atoms with Crippen LogP contribution in [0.15, 0.2) is 31.0 Å². The quantitative estimate of drug-likeness (QED) is 0.400. The summed E-state index contributed by atoms with van der Waals surface area (Å²) in [5, 5.41) is 18.1. The van der Waals surface area contributed by atoms with E-state index in [1.165, 1.54) is 36.6 Å². The number of carbonyl (C=O) groups excluding carboxylic acids is 1. The molecule has 1 N–H and O–H groups in total. The fraction of sp³-hybridized carbons (Fsp3) is 0.531. The van der Waals surface area contributed by atoms with Crippen molar-refractivity contribution in [2.75, 3.05) is 49.1 Å². The Labute approximate surface area is 252 Å². The number of amides is 1. The van der Waals surface area contributed by atoms with E-state index in [9.17, 15) is 10.1 Å². The summed E-state index contributed by atoms with van der Waals surface area (Å²) in [6, 6.07) is 7.79. The number of H-pyrrole nitrogens is 1. The van der Waals surface area contributed by atoms with Gasteiger partial charge in [-0.2, -0.15) is 20.3 Å². The molecule has 1 amide bonds. The van der Waals surface area contributed by atoms with Gasteiger partial charge in [0.2, 0.25) is 5.91 Å². The highest BCUT2D eigenvalue weighted by Crippen LogP contribution is 2.37. The molecule has 1 saturated carbocycles. The molecule has 11 heteroatoms. The van der Waals surface area contributed by atoms with Gasteiger partial charge in [0.15, 0.2) is 0 Å². The van der Waals surface area contributed by atoms with E-state index < -0.39 is 0 Å². The topological polar surface area (TPSA) is 118 Å². The Morgan fingerprint density at radius 3 is 2.86 bits per heavy atom. The number of likely N-dealkylation sites (tertiary alicyclic amines) is 1. The van der Waals surface area contributed by atoms with Gasteiger partial charge in [-0.15, -0.1) is 0 Å². The Balaban J connectivity index is 1.21. The van der Waals surface area contributed by atoms with E-state index >= 15 is 0 Å². The molecule has 1 aromatic carbocycles. The molecule has 0 spiro atoms. The second-order valence-corrected chi connectivity index (χ2v) is 12.3. The van der Waals surface area contributed by atoms with Gasteiger partial charge in [0.1, 0.15) is 12.4 Å². The van der Waals surface area contributed by atoms with Gasteiger partial charge in [0.25, 0.3) is 0 Å². The summed E-state index contributed by atoms with van der Waals surface area (Å²) in [6.45, 7) is 10.7. The number of rotatable bonds is 8. The van der Waals surface area contributed by atoms with Crippen LogP contribution in [0.25, 0.3) is 10.9 Å². The molecule has 5 heterocycles. The third kappa shape index (κ3) is 5.29. The minimum absolute atomic E-state index is 0.134. The number of fused-ring (bicyclic) bond motifs is 2. The first-order valence-corrected chi connectivity index (χ1v) is 15.5. The van der Waals surface area contributed by atoms with Crippen LogP contribution in [0.2, 0.25) is 0 Å². The van der Waals surface area contributed by atoms with Gasteiger partial charge < -0.3 is 19.4 Å². The van der Waals surface area contributed by atoms with Crippen molar-refractivity contribution < 1.29 is 9.53 Å². The fourth-order valence-electron chi connectivity index (χ4n) is 7.27. The molecular weight excluding hydrogens is 542 g/mol. The summed E-state index contributed by atoms with van der Waals surface area (Å²) in [5.74, 6) is 0.738. The first-order chi connectivity index (χ1) is 21.0. The van der Waals surface area contributed by atoms with Crippen LogP contribution >= 0.6 is 0 Å². The average molecular weight is 582 g/mol. The third-order valence-electron chi connectivity index (χ3n) is 9.55. The van der Waals surface area contributed by atoms with E-state index in [1.807, 2.05) is 6.20 Å². The summed E-state index contributed by atoms with van der Waals surface area (Å²) in [5.41, 5.74) is 5.49. The number of aryl methyl sites for hydroxylation is 1. The largest absolute Gasteiger partial charge is 0.462 e. The molecule has 3 aliphatic heterocycles. The van der Waals surface area contributed by atoms with Crippen LogP contribution in [0.5, 0.6) is 6.01 Å². The molecule has 11 nitrogen and oxygen atoms in total. The van der Waals surface area contributed by atoms with E-state index in [0.717, 1.165) is 53.9 Å². The SMILES string of the molecule is C=CC(=O)N1CCN(c2nc(OC[C@@H]3CCCN3C3CC3)nc3c2CCN(c2c(C)ccc4[nH]ncc24)C3)C[C@@H]1CC#N. The van der Waals surface area contributed by atoms with Gasteiger partial charge in [0.05, 0.1) is 48.2 Å². The highest BCUT2D eigenvalue weighted by molar-refractivity contribution is 5.93. The monoisotopic (exact) mass is 581 g/mol. The maximum Gasteiger partial charge on any atom is 0.318 e. The summed E-state index contributed by atoms with van der Waals surface area (Å²) < 4.78 is 6.42. The van der Waals surface area contributed by atoms with Crippen molar-refractivity contribution in [2.45, 2.75) is 70.1 Å². The zero-order chi connectivity index (χ0) is 29.5. The number of nitrogens with zero attached hydrogens (tertiary/aromatic N) is 8. The molecule has 3 fully saturated rings. The van der Waals surface area contributed by atoms with E-state index in [0.29, 0.717) is 50.9 Å². The molecule has 2 saturated heterocycles. The standard InChI is InChI=1S/C32H39N9O2/c1-3-29(42)41-16-15-39(18-23(41)10-12-33)31-25-11-14-38(30-21(2)6-9-27-26(30)17-34-37-27)19-28(25)35-32(36-31)43-20-24-5-4-13-40(24)22-7-8-22/h3,6,9,17,22-24H,1,4-5,7-8,10-11,13-16,18-20H2,2H3,(H,34,37)/t23-,24-/m0/s1. The number of anilines is 2. The van der Waals surface area contributed by atoms with Gasteiger partial charge in [-0.1, -0.05) is 12.6 Å². The van der Waals surface area contributed by atoms with Gasteiger partial charge in [-0.05, 0) is 63.3 Å². The van der Waals surface area contributed by atoms with Crippen molar-refractivity contribution in [2.24, 2.45) is 0 Å². The second kappa shape index (κ2) is 11.5. The van der Waals surface area contributed by atoms with E-state index in [4.69, 9.17) is 14.7 Å². The molecule has 0 unspecified atom stereocenters. The predicted octanol–water partition coefficient (Wildman–Crippen LogP) is 3.35. The zero-order valence-corrected chi connectivity index (χ0v) is 24.8. The van der Waals surface area contributed by atoms with Crippen LogP contribution in [-0.2, 0) is 17.8 Å². The summed E-state index contributed by atoms with van der Waals surface area (Å²) in [6.07, 6.45) is 9.22. The van der Waals surface area contributed by atoms with Crippen LogP contribution in [0.3, 0.4) is 0 Å². The molecule has 2 aromatic heterocycles. The minimum Gasteiger partial charge on any atom is -0.462 e. The molecule has 2 atom stereocenters. The number of benzene rings is 1. The minimum atomic E-state index is -0.230. The fourth-order valence-corrected chi connectivity index (χ4v) is 7.27. The Morgan fingerprint density at radius 2 is 2.05 bits per heavy atom. The van der Waals surface area contributed by atoms with E-state index in [-0.39, 0.29) is 18.4 Å². The van der Waals surface area contributed by atoms with Crippen molar-refractivity contribution in [3.8, 4) is 12.1 Å². The Bertz CT molecular complexity index is 1570. The number of nitriles is 1. The number of nitrogens with one attached hydrogen (secondary N) is 1. The van der Waals surface area contributed by atoms with Gasteiger partial charge >= 0.3 is 6.01 Å². The van der Waals surface area contributed by atoms with Gasteiger partial charge in [-0.25, -0.2) is 0 Å². The van der Waals surface area contributed by atoms with E-state index in [2.05, 4.69) is 56.6 Å². The molecule has 224 valence electrons. The van der Waals surface area contributed by atoms with Crippen molar-refractivity contribution in [1.29, 1.82) is 5.26 Å². The molecule has 43 heavy (non-hydrogen) atoms. The lowest BCUT2D eigenvalue weighted by Gasteiger charge is -2.42. The smallest absolute Gasteiger partial charge is 0.318 e. The number of aromatic amines is 1. The highest BCUT2D eigenvalue weighted by Gasteiger charge is 2.38. The molecule has 3 aromatic rings. The maximum atomic E-state index is 12.6. The summed E-state index contributed by atoms with van der Waals surface area (Å²) in [4.78, 5) is 31.6. The van der Waals surface area contributed by atoms with Crippen LogP contribution in [0.4, 0.5) is 11.5 Å². The van der Waals surface area contributed by atoms with Crippen molar-refractivity contribution in [1.82, 2.24) is 30.0 Å². The Morgan fingerprint density at radius 1 is 1.16 bits per heavy atom. The van der Waals surface area contributed by atoms with Crippen LogP contribution in [0, 0.1) is 18.3 Å². The second-order valence-electron chi connectivity index (χ2n) is 12.3. The number of piperazine rings is 1. The van der Waals surface area contributed by atoms with Crippen molar-refractivity contribution in [3.63, 3.8) is 0 Å². The summed E-state index contributed by atoms with van der Waals surface area (Å²) in [7, 11) is 0. The van der Waals surface area contributed by atoms with Crippen molar-refractivity contribution >= 4 is 28.3 Å². The Hall–Kier alpha value is -4.17. The molecule has 0 radical (unpaired) electrons. The molecule has 1 aliphatic carbocycles. The molecule has 0 bridgehead atoms. The number of aromatic nitrogens is 4. The number of ether oxygens (including phenoxy) is 1. The highest BCUT2D eigenvalue weighted by atomic mass is 16.5. The molecule has 4 aliphatic rings. The van der Waals surface area contributed by atoms with Crippen LogP contribution in [0.1, 0.15) is 48.9 Å². The Kier molecular flexibility index (Phi) is 7.39. The van der Waals surface area contributed by atoms with Crippen LogP contribution < -0.4 is 14.5 Å². The van der Waals surface area contributed by atoms with Gasteiger partial charge in [-0.3, -0.25) is 14.8 Å². The lowest BCUT2D eigenvalue weighted by atomic mass is 10.0. The molecular formula is C32H39N9O2. The third-order valence-corrected chi connectivity index (χ3v) is 9.55. The molecule has 7 rings (SSSR count). The first kappa shape index (κ1) is 27.7. The van der Waals surface area contributed by atoms with E-state index in [1.54, 1.807) is 4.90 Å². The predicted molar refractivity (Wildman–Crippen MR) is 164 cm³/mol. The number of hydrogen-bond acceptors (Lipinski definition) is 9. The van der Waals surface area contributed by atoms with Crippen LogP contribution in [-0.4, -0.2) is 93.3 Å². The zero-order valence-electron chi connectivity index (χ0n) is 24.8.